The Balaban J connectivity index is 2.08. The smallest absolute Gasteiger partial charge is 0.243 e. The van der Waals surface area contributed by atoms with Crippen LogP contribution in [0.25, 0.3) is 0 Å². The summed E-state index contributed by atoms with van der Waals surface area (Å²) in [6.07, 6.45) is 0. The van der Waals surface area contributed by atoms with E-state index in [1.807, 2.05) is 24.3 Å². The molecule has 1 amide bonds. The van der Waals surface area contributed by atoms with Crippen molar-refractivity contribution in [1.29, 1.82) is 0 Å². The van der Waals surface area contributed by atoms with Gasteiger partial charge < -0.3 is 10.1 Å². The molecule has 0 heterocycles. The largest absolute Gasteiger partial charge is 0.497 e. The van der Waals surface area contributed by atoms with Crippen LogP contribution in [0.5, 0.6) is 5.75 Å². The molecule has 0 aliphatic heterocycles. The second kappa shape index (κ2) is 9.01. The van der Waals surface area contributed by atoms with Gasteiger partial charge in [0.15, 0.2) is 0 Å². The Bertz CT molecular complexity index is 860. The third-order valence-electron chi connectivity index (χ3n) is 4.23. The van der Waals surface area contributed by atoms with Gasteiger partial charge >= 0.3 is 0 Å². The molecule has 27 heavy (non-hydrogen) atoms. The van der Waals surface area contributed by atoms with E-state index in [1.165, 1.54) is 24.8 Å². The van der Waals surface area contributed by atoms with E-state index in [0.717, 1.165) is 4.31 Å². The van der Waals surface area contributed by atoms with Crippen LogP contribution in [-0.4, -0.2) is 38.8 Å². The minimum absolute atomic E-state index is 0.124. The lowest BCUT2D eigenvalue weighted by Gasteiger charge is -2.20. The number of carbonyl (C=O) groups excluding carboxylic acids is 1. The summed E-state index contributed by atoms with van der Waals surface area (Å²) in [6, 6.07) is 13.6. The van der Waals surface area contributed by atoms with Crippen LogP contribution in [-0.2, 0) is 14.8 Å². The quantitative estimate of drug-likeness (QED) is 0.749. The highest BCUT2D eigenvalue weighted by atomic mass is 32.2. The molecular weight excluding hydrogens is 364 g/mol. The van der Waals surface area contributed by atoms with Gasteiger partial charge in [-0.1, -0.05) is 32.9 Å². The summed E-state index contributed by atoms with van der Waals surface area (Å²) in [6.45, 7) is 5.82. The maximum atomic E-state index is 12.8. The van der Waals surface area contributed by atoms with Crippen LogP contribution in [0.3, 0.4) is 0 Å². The van der Waals surface area contributed by atoms with Gasteiger partial charge in [-0.15, -0.1) is 0 Å². The molecule has 6 nitrogen and oxygen atoms in total. The van der Waals surface area contributed by atoms with Crippen LogP contribution in [0.2, 0.25) is 0 Å². The number of hydrogen-bond acceptors (Lipinski definition) is 4. The van der Waals surface area contributed by atoms with Gasteiger partial charge in [-0.05, 0) is 47.9 Å². The van der Waals surface area contributed by atoms with Crippen LogP contribution < -0.4 is 10.1 Å². The molecule has 2 aromatic rings. The van der Waals surface area contributed by atoms with E-state index >= 15 is 0 Å². The number of rotatable bonds is 8. The number of nitrogens with one attached hydrogen (secondary N) is 1. The predicted molar refractivity (Wildman–Crippen MR) is 107 cm³/mol. The van der Waals surface area contributed by atoms with Crippen LogP contribution in [0, 0.1) is 0 Å². The van der Waals surface area contributed by atoms with Gasteiger partial charge in [-0.3, -0.25) is 4.79 Å². The topological polar surface area (TPSA) is 75.7 Å². The Labute approximate surface area is 161 Å². The third kappa shape index (κ3) is 5.30. The molecule has 0 spiro atoms. The number of carbonyl (C=O) groups is 1. The Morgan fingerprint density at radius 3 is 2.15 bits per heavy atom. The van der Waals surface area contributed by atoms with Crippen molar-refractivity contribution in [2.45, 2.75) is 31.6 Å². The first-order valence-electron chi connectivity index (χ1n) is 8.82. The van der Waals surface area contributed by atoms with E-state index in [0.29, 0.717) is 17.4 Å². The molecule has 0 saturated carbocycles. The standard InChI is InChI=1S/C20H26N2O4S/c1-5-22(27(24,25)19-12-10-18(26-4)11-13-19)14-20(23)21-17-8-6-16(7-9-17)15(2)3/h6-13,15H,5,14H2,1-4H3,(H,21,23). The molecule has 0 saturated heterocycles. The fraction of sp³-hybridized carbons (Fsp3) is 0.350. The molecule has 0 bridgehead atoms. The summed E-state index contributed by atoms with van der Waals surface area (Å²) in [5.74, 6) is 0.589. The van der Waals surface area contributed by atoms with Gasteiger partial charge in [-0.2, -0.15) is 4.31 Å². The Morgan fingerprint density at radius 2 is 1.67 bits per heavy atom. The number of ether oxygens (including phenoxy) is 1. The Morgan fingerprint density at radius 1 is 1.07 bits per heavy atom. The second-order valence-corrected chi connectivity index (χ2v) is 8.37. The third-order valence-corrected chi connectivity index (χ3v) is 6.17. The SMILES string of the molecule is CCN(CC(=O)Nc1ccc(C(C)C)cc1)S(=O)(=O)c1ccc(OC)cc1. The molecule has 0 aliphatic rings. The Hall–Kier alpha value is -2.38. The van der Waals surface area contributed by atoms with Crippen molar-refractivity contribution in [3.63, 3.8) is 0 Å². The van der Waals surface area contributed by atoms with E-state index in [-0.39, 0.29) is 23.9 Å². The molecule has 0 radical (unpaired) electrons. The zero-order chi connectivity index (χ0) is 20.0. The van der Waals surface area contributed by atoms with E-state index in [1.54, 1.807) is 19.1 Å². The molecule has 0 atom stereocenters. The van der Waals surface area contributed by atoms with Crippen LogP contribution in [0.1, 0.15) is 32.3 Å². The highest BCUT2D eigenvalue weighted by Crippen LogP contribution is 2.20. The number of amides is 1. The number of methoxy groups -OCH3 is 1. The van der Waals surface area contributed by atoms with Crippen molar-refractivity contribution in [1.82, 2.24) is 4.31 Å². The van der Waals surface area contributed by atoms with Gasteiger partial charge in [0.05, 0.1) is 18.6 Å². The molecule has 7 heteroatoms. The van der Waals surface area contributed by atoms with Crippen LogP contribution in [0.15, 0.2) is 53.4 Å². The molecule has 0 unspecified atom stereocenters. The lowest BCUT2D eigenvalue weighted by atomic mass is 10.0. The maximum Gasteiger partial charge on any atom is 0.243 e. The normalized spacial score (nSPS) is 11.6. The number of sulfonamides is 1. The van der Waals surface area contributed by atoms with Gasteiger partial charge in [0, 0.05) is 12.2 Å². The molecule has 1 N–H and O–H groups in total. The minimum Gasteiger partial charge on any atom is -0.497 e. The number of nitrogens with zero attached hydrogens (tertiary/aromatic N) is 1. The number of anilines is 1. The van der Waals surface area contributed by atoms with E-state index in [9.17, 15) is 13.2 Å². The average molecular weight is 391 g/mol. The Kier molecular flexibility index (Phi) is 6.98. The van der Waals surface area contributed by atoms with Crippen LogP contribution >= 0.6 is 0 Å². The van der Waals surface area contributed by atoms with E-state index < -0.39 is 10.0 Å². The molecule has 0 aliphatic carbocycles. The molecular formula is C20H26N2O4S. The summed E-state index contributed by atoms with van der Waals surface area (Å²) in [7, 11) is -2.25. The molecule has 2 aromatic carbocycles. The summed E-state index contributed by atoms with van der Waals surface area (Å²) in [5, 5.41) is 2.75. The van der Waals surface area contributed by atoms with Crippen molar-refractivity contribution >= 4 is 21.6 Å². The molecule has 0 fully saturated rings. The monoisotopic (exact) mass is 390 g/mol. The number of hydrogen-bond donors (Lipinski definition) is 1. The van der Waals surface area contributed by atoms with Gasteiger partial charge in [0.1, 0.15) is 5.75 Å². The highest BCUT2D eigenvalue weighted by molar-refractivity contribution is 7.89. The first kappa shape index (κ1) is 20.9. The zero-order valence-electron chi connectivity index (χ0n) is 16.1. The van der Waals surface area contributed by atoms with Crippen molar-refractivity contribution in [3.8, 4) is 5.75 Å². The molecule has 146 valence electrons. The van der Waals surface area contributed by atoms with E-state index in [4.69, 9.17) is 4.74 Å². The molecule has 0 aromatic heterocycles. The lowest BCUT2D eigenvalue weighted by Crippen LogP contribution is -2.37. The van der Waals surface area contributed by atoms with Crippen LogP contribution in [0.4, 0.5) is 5.69 Å². The second-order valence-electron chi connectivity index (χ2n) is 6.43. The van der Waals surface area contributed by atoms with Crippen molar-refractivity contribution in [3.05, 3.63) is 54.1 Å². The van der Waals surface area contributed by atoms with Gasteiger partial charge in [0.2, 0.25) is 15.9 Å². The van der Waals surface area contributed by atoms with Gasteiger partial charge in [-0.25, -0.2) is 8.42 Å². The number of benzene rings is 2. The summed E-state index contributed by atoms with van der Waals surface area (Å²) in [4.78, 5) is 12.5. The summed E-state index contributed by atoms with van der Waals surface area (Å²) < 4.78 is 31.7. The zero-order valence-corrected chi connectivity index (χ0v) is 16.9. The molecule has 2 rings (SSSR count). The lowest BCUT2D eigenvalue weighted by molar-refractivity contribution is -0.116. The number of likely N-dealkylation sites (N-methyl/N-ethyl adjacent to an activating group) is 1. The minimum atomic E-state index is -3.76. The first-order chi connectivity index (χ1) is 12.8. The van der Waals surface area contributed by atoms with Gasteiger partial charge in [0.25, 0.3) is 0 Å². The average Bonchev–Trinajstić information content (AvgIpc) is 2.66. The predicted octanol–water partition coefficient (Wildman–Crippen LogP) is 3.47. The maximum absolute atomic E-state index is 12.8. The summed E-state index contributed by atoms with van der Waals surface area (Å²) >= 11 is 0. The fourth-order valence-corrected chi connectivity index (χ4v) is 3.98. The van der Waals surface area contributed by atoms with Crippen molar-refractivity contribution in [2.24, 2.45) is 0 Å². The van der Waals surface area contributed by atoms with Crippen molar-refractivity contribution < 1.29 is 17.9 Å². The fourth-order valence-electron chi connectivity index (χ4n) is 2.58. The van der Waals surface area contributed by atoms with Crippen molar-refractivity contribution in [2.75, 3.05) is 25.5 Å². The summed E-state index contributed by atoms with van der Waals surface area (Å²) in [5.41, 5.74) is 1.81. The highest BCUT2D eigenvalue weighted by Gasteiger charge is 2.25. The van der Waals surface area contributed by atoms with E-state index in [2.05, 4.69) is 19.2 Å². The first-order valence-corrected chi connectivity index (χ1v) is 10.3.